The van der Waals surface area contributed by atoms with E-state index in [4.69, 9.17) is 15.2 Å². The van der Waals surface area contributed by atoms with Crippen LogP contribution in [0, 0.1) is 10.1 Å². The number of nitro groups is 1. The molecule has 2 aromatic rings. The maximum atomic E-state index is 11.5. The Balaban J connectivity index is 0.000000225. The monoisotopic (exact) mass is 472 g/mol. The normalized spacial score (nSPS) is 13.8. The topological polar surface area (TPSA) is 128 Å². The van der Waals surface area contributed by atoms with Crippen molar-refractivity contribution in [1.29, 1.82) is 0 Å². The molecule has 0 saturated heterocycles. The Morgan fingerprint density at radius 3 is 1.82 bits per heavy atom. The van der Waals surface area contributed by atoms with Gasteiger partial charge in [0.1, 0.15) is 13.2 Å². The molecule has 184 valence electrons. The van der Waals surface area contributed by atoms with Crippen molar-refractivity contribution in [2.45, 2.75) is 53.8 Å². The summed E-state index contributed by atoms with van der Waals surface area (Å²) in [5.74, 6) is 0. The van der Waals surface area contributed by atoms with E-state index in [2.05, 4.69) is 0 Å². The second-order valence-corrected chi connectivity index (χ2v) is 7.37. The number of benzene rings is 2. The van der Waals surface area contributed by atoms with E-state index >= 15 is 0 Å². The van der Waals surface area contributed by atoms with Gasteiger partial charge >= 0.3 is 12.2 Å². The molecule has 0 saturated carbocycles. The highest BCUT2D eigenvalue weighted by Crippen LogP contribution is 2.31. The standard InChI is InChI=1S/C11H12N2O4.C11H14N2O2.C2H6/c1-2-5-12-10-4-3-9(13(15)16)6-8(10)7-17-11(12)14;1-2-5-13-10-4-3-9(12)6-8(10)7-15-11(13)14;1-2/h3-4,6H,2,5,7H2,1H3;3-4,6H,2,5,7,12H2,1H3;1-2H3. The summed E-state index contributed by atoms with van der Waals surface area (Å²) >= 11 is 0. The molecule has 10 nitrogen and oxygen atoms in total. The predicted octanol–water partition coefficient (Wildman–Crippen LogP) is 5.62. The van der Waals surface area contributed by atoms with Crippen molar-refractivity contribution in [3.8, 4) is 0 Å². The van der Waals surface area contributed by atoms with Gasteiger partial charge in [0.25, 0.3) is 5.69 Å². The van der Waals surface area contributed by atoms with Gasteiger partial charge in [-0.25, -0.2) is 9.59 Å². The van der Waals surface area contributed by atoms with Gasteiger partial charge in [0.15, 0.2) is 0 Å². The first kappa shape index (κ1) is 26.4. The number of fused-ring (bicyclic) bond motifs is 2. The molecule has 0 aromatic heterocycles. The molecule has 10 heteroatoms. The molecule has 2 aliphatic heterocycles. The lowest BCUT2D eigenvalue weighted by Crippen LogP contribution is -2.36. The largest absolute Gasteiger partial charge is 0.444 e. The summed E-state index contributed by atoms with van der Waals surface area (Å²) < 4.78 is 10.0. The van der Waals surface area contributed by atoms with Crippen molar-refractivity contribution in [3.63, 3.8) is 0 Å². The molecule has 34 heavy (non-hydrogen) atoms. The molecule has 0 aliphatic carbocycles. The summed E-state index contributed by atoms with van der Waals surface area (Å²) in [6.07, 6.45) is 1.03. The minimum absolute atomic E-state index is 0.0122. The molecule has 2 heterocycles. The van der Waals surface area contributed by atoms with Crippen LogP contribution in [0.3, 0.4) is 0 Å². The van der Waals surface area contributed by atoms with Crippen LogP contribution in [0.5, 0.6) is 0 Å². The van der Waals surface area contributed by atoms with Gasteiger partial charge in [0.05, 0.1) is 16.3 Å². The van der Waals surface area contributed by atoms with Crippen LogP contribution in [0.2, 0.25) is 0 Å². The molecule has 0 bridgehead atoms. The fourth-order valence-electron chi connectivity index (χ4n) is 3.55. The Morgan fingerprint density at radius 2 is 1.35 bits per heavy atom. The number of amides is 2. The number of carbonyl (C=O) groups excluding carboxylic acids is 2. The number of non-ortho nitro benzene ring substituents is 1. The molecule has 0 atom stereocenters. The second-order valence-electron chi connectivity index (χ2n) is 7.37. The molecule has 2 N–H and O–H groups in total. The smallest absolute Gasteiger partial charge is 0.414 e. The first-order chi connectivity index (χ1) is 16.3. The molecule has 2 aliphatic rings. The number of hydrogen-bond donors (Lipinski definition) is 1. The number of hydrogen-bond acceptors (Lipinski definition) is 7. The van der Waals surface area contributed by atoms with Crippen LogP contribution < -0.4 is 15.5 Å². The first-order valence-corrected chi connectivity index (χ1v) is 11.4. The molecule has 0 spiro atoms. The number of nitro benzene ring substituents is 1. The maximum absolute atomic E-state index is 11.5. The van der Waals surface area contributed by atoms with Gasteiger partial charge < -0.3 is 15.2 Å². The number of nitrogens with two attached hydrogens (primary N) is 1. The summed E-state index contributed by atoms with van der Waals surface area (Å²) in [6, 6.07) is 9.99. The quantitative estimate of drug-likeness (QED) is 0.339. The van der Waals surface area contributed by atoms with Crippen LogP contribution in [0.1, 0.15) is 51.7 Å². The third kappa shape index (κ3) is 6.15. The SMILES string of the molecule is CC.CCCN1C(=O)OCc2cc(N)ccc21.CCCN1C(=O)OCc2cc([N+](=O)[O-])ccc21. The Bertz CT molecular complexity index is 1030. The van der Waals surface area contributed by atoms with E-state index in [1.807, 2.05) is 39.8 Å². The molecule has 0 radical (unpaired) electrons. The lowest BCUT2D eigenvalue weighted by molar-refractivity contribution is -0.384. The van der Waals surface area contributed by atoms with E-state index in [1.165, 1.54) is 17.0 Å². The summed E-state index contributed by atoms with van der Waals surface area (Å²) in [5.41, 5.74) is 9.66. The average Bonchev–Trinajstić information content (AvgIpc) is 2.84. The Kier molecular flexibility index (Phi) is 9.66. The van der Waals surface area contributed by atoms with Gasteiger partial charge in [-0.2, -0.15) is 0 Å². The molecule has 0 unspecified atom stereocenters. The molecular formula is C24H32N4O6. The van der Waals surface area contributed by atoms with Gasteiger partial charge in [-0.1, -0.05) is 27.7 Å². The highest BCUT2D eigenvalue weighted by atomic mass is 16.6. The molecule has 2 amide bonds. The molecular weight excluding hydrogens is 440 g/mol. The fraction of sp³-hybridized carbons (Fsp3) is 0.417. The lowest BCUT2D eigenvalue weighted by Gasteiger charge is -2.28. The van der Waals surface area contributed by atoms with E-state index in [0.29, 0.717) is 36.6 Å². The Morgan fingerprint density at radius 1 is 0.882 bits per heavy atom. The van der Waals surface area contributed by atoms with E-state index in [1.54, 1.807) is 17.0 Å². The Labute approximate surface area is 199 Å². The number of rotatable bonds is 5. The zero-order chi connectivity index (χ0) is 25.3. The van der Waals surface area contributed by atoms with E-state index in [-0.39, 0.29) is 18.4 Å². The summed E-state index contributed by atoms with van der Waals surface area (Å²) in [7, 11) is 0. The van der Waals surface area contributed by atoms with Crippen LogP contribution in [0.25, 0.3) is 0 Å². The minimum Gasteiger partial charge on any atom is -0.444 e. The Hall–Kier alpha value is -3.82. The van der Waals surface area contributed by atoms with Crippen LogP contribution in [0.15, 0.2) is 36.4 Å². The second kappa shape index (κ2) is 12.4. The highest BCUT2D eigenvalue weighted by Gasteiger charge is 2.26. The van der Waals surface area contributed by atoms with Gasteiger partial charge in [-0.3, -0.25) is 19.9 Å². The summed E-state index contributed by atoms with van der Waals surface area (Å²) in [5, 5.41) is 10.6. The van der Waals surface area contributed by atoms with E-state index in [0.717, 1.165) is 24.1 Å². The third-order valence-electron chi connectivity index (χ3n) is 5.00. The molecule has 0 fully saturated rings. The third-order valence-corrected chi connectivity index (χ3v) is 5.00. The van der Waals surface area contributed by atoms with Crippen LogP contribution in [-0.2, 0) is 22.7 Å². The van der Waals surface area contributed by atoms with Crippen molar-refractivity contribution < 1.29 is 24.0 Å². The summed E-state index contributed by atoms with van der Waals surface area (Å²) in [4.78, 5) is 36.4. The molecule has 2 aromatic carbocycles. The van der Waals surface area contributed by atoms with Gasteiger partial charge in [0.2, 0.25) is 0 Å². The van der Waals surface area contributed by atoms with Crippen molar-refractivity contribution in [3.05, 3.63) is 57.6 Å². The molecule has 4 rings (SSSR count). The first-order valence-electron chi connectivity index (χ1n) is 11.4. The fourth-order valence-corrected chi connectivity index (χ4v) is 3.55. The number of cyclic esters (lactones) is 2. The van der Waals surface area contributed by atoms with Crippen molar-refractivity contribution in [2.75, 3.05) is 28.6 Å². The number of carbonyl (C=O) groups is 2. The van der Waals surface area contributed by atoms with Gasteiger partial charge in [-0.05, 0) is 37.1 Å². The number of nitrogens with zero attached hydrogens (tertiary/aromatic N) is 3. The number of anilines is 3. The predicted molar refractivity (Wildman–Crippen MR) is 131 cm³/mol. The van der Waals surface area contributed by atoms with Crippen molar-refractivity contribution in [1.82, 2.24) is 0 Å². The number of ether oxygens (including phenoxy) is 2. The lowest BCUT2D eigenvalue weighted by atomic mass is 10.1. The highest BCUT2D eigenvalue weighted by molar-refractivity contribution is 5.91. The van der Waals surface area contributed by atoms with E-state index < -0.39 is 11.0 Å². The minimum atomic E-state index is -0.457. The maximum Gasteiger partial charge on any atom is 0.414 e. The van der Waals surface area contributed by atoms with Crippen LogP contribution in [-0.4, -0.2) is 30.2 Å². The van der Waals surface area contributed by atoms with E-state index in [9.17, 15) is 19.7 Å². The van der Waals surface area contributed by atoms with Crippen LogP contribution >= 0.6 is 0 Å². The van der Waals surface area contributed by atoms with Crippen molar-refractivity contribution >= 4 is 34.9 Å². The van der Waals surface area contributed by atoms with Gasteiger partial charge in [0, 0.05) is 42.0 Å². The zero-order valence-corrected chi connectivity index (χ0v) is 20.1. The van der Waals surface area contributed by atoms with Gasteiger partial charge in [-0.15, -0.1) is 0 Å². The van der Waals surface area contributed by atoms with Crippen molar-refractivity contribution in [2.24, 2.45) is 0 Å². The average molecular weight is 473 g/mol. The number of nitrogen functional groups attached to an aromatic ring is 1. The summed E-state index contributed by atoms with van der Waals surface area (Å²) in [6.45, 7) is 9.61. The van der Waals surface area contributed by atoms with Crippen LogP contribution in [0.4, 0.5) is 32.3 Å². The zero-order valence-electron chi connectivity index (χ0n) is 20.1.